The van der Waals surface area contributed by atoms with Crippen molar-refractivity contribution in [3.8, 4) is 5.75 Å². The van der Waals surface area contributed by atoms with Gasteiger partial charge in [0.15, 0.2) is 12.6 Å². The van der Waals surface area contributed by atoms with E-state index in [1.165, 1.54) is 0 Å². The number of hydrogen-bond acceptors (Lipinski definition) is 18. The maximum Gasteiger partial charge on any atom is 0.271 e. The lowest BCUT2D eigenvalue weighted by molar-refractivity contribution is -0.384. The molecule has 1 aromatic carbocycles. The highest BCUT2D eigenvalue weighted by Crippen LogP contribution is 2.35. The Morgan fingerprint density at radius 3 is 1.61 bits per heavy atom. The van der Waals surface area contributed by atoms with Gasteiger partial charge in [-0.2, -0.15) is 0 Å². The molecule has 20 heteroatoms. The van der Waals surface area contributed by atoms with E-state index in [1.807, 2.05) is 0 Å². The third-order valence-corrected chi connectivity index (χ3v) is 7.74. The van der Waals surface area contributed by atoms with Crippen molar-refractivity contribution in [2.75, 3.05) is 19.8 Å². The maximum atomic E-state index is 10.9. The molecular weight excluding hydrogens is 626 g/mol. The number of aliphatic hydroxyl groups excluding tert-OH is 10. The molecule has 0 bridgehead atoms. The number of non-ortho nitro benzene ring substituents is 1. The van der Waals surface area contributed by atoms with Crippen molar-refractivity contribution in [1.29, 1.82) is 0 Å². The minimum absolute atomic E-state index is 0.157. The van der Waals surface area contributed by atoms with Gasteiger partial charge in [0.2, 0.25) is 6.29 Å². The van der Waals surface area contributed by atoms with Crippen LogP contribution in [0.4, 0.5) is 5.69 Å². The maximum absolute atomic E-state index is 10.9. The number of rotatable bonds is 10. The third kappa shape index (κ3) is 7.08. The number of nitro groups is 1. The van der Waals surface area contributed by atoms with E-state index in [4.69, 9.17) is 40.0 Å². The van der Waals surface area contributed by atoms with E-state index in [1.54, 1.807) is 0 Å². The van der Waals surface area contributed by atoms with Crippen LogP contribution in [0.3, 0.4) is 0 Å². The van der Waals surface area contributed by atoms with Gasteiger partial charge >= 0.3 is 0 Å². The number of nitro benzene ring substituents is 1. The molecule has 15 atom stereocenters. The molecule has 4 rings (SSSR count). The minimum atomic E-state index is -1.98. The van der Waals surface area contributed by atoms with Crippen LogP contribution in [0.15, 0.2) is 18.2 Å². The summed E-state index contributed by atoms with van der Waals surface area (Å²) >= 11 is 6.01. The zero-order valence-corrected chi connectivity index (χ0v) is 23.3. The zero-order valence-electron chi connectivity index (χ0n) is 22.6. The van der Waals surface area contributed by atoms with Crippen LogP contribution >= 0.6 is 11.6 Å². The molecule has 10 N–H and O–H groups in total. The predicted molar refractivity (Wildman–Crippen MR) is 138 cm³/mol. The number of hydrogen-bond donors (Lipinski definition) is 10. The van der Waals surface area contributed by atoms with Gasteiger partial charge in [-0.15, -0.1) is 0 Å². The molecule has 3 fully saturated rings. The first-order chi connectivity index (χ1) is 20.8. The van der Waals surface area contributed by atoms with Crippen molar-refractivity contribution in [2.45, 2.75) is 92.1 Å². The quantitative estimate of drug-likeness (QED) is 0.0831. The first-order valence-corrected chi connectivity index (χ1v) is 13.7. The summed E-state index contributed by atoms with van der Waals surface area (Å²) in [6.07, 6.45) is -25.9. The van der Waals surface area contributed by atoms with E-state index in [0.29, 0.717) is 0 Å². The smallest absolute Gasteiger partial charge is 0.271 e. The van der Waals surface area contributed by atoms with E-state index >= 15 is 0 Å². The van der Waals surface area contributed by atoms with Gasteiger partial charge in [-0.25, -0.2) is 0 Å². The fourth-order valence-corrected chi connectivity index (χ4v) is 5.18. The summed E-state index contributed by atoms with van der Waals surface area (Å²) in [5.74, 6) is -0.157. The van der Waals surface area contributed by atoms with Crippen LogP contribution in [0.5, 0.6) is 5.75 Å². The number of ether oxygens (including phenoxy) is 6. The Bertz CT molecular complexity index is 1110. The Balaban J connectivity index is 1.44. The summed E-state index contributed by atoms with van der Waals surface area (Å²) in [6.45, 7) is -2.47. The monoisotopic (exact) mass is 659 g/mol. The average molecular weight is 660 g/mol. The van der Waals surface area contributed by atoms with E-state index in [2.05, 4.69) is 0 Å². The average Bonchev–Trinajstić information content (AvgIpc) is 3.00. The van der Waals surface area contributed by atoms with Crippen LogP contribution in [0.2, 0.25) is 5.02 Å². The van der Waals surface area contributed by atoms with Crippen LogP contribution in [-0.2, 0) is 23.7 Å². The van der Waals surface area contributed by atoms with Crippen molar-refractivity contribution >= 4 is 17.3 Å². The normalized spacial score (nSPS) is 43.0. The molecular formula is C24H34ClNO18. The molecule has 3 heterocycles. The summed E-state index contributed by atoms with van der Waals surface area (Å²) < 4.78 is 32.8. The van der Waals surface area contributed by atoms with E-state index < -0.39 is 117 Å². The molecule has 3 saturated heterocycles. The number of aliphatic hydroxyl groups is 10. The lowest BCUT2D eigenvalue weighted by atomic mass is 9.96. The largest absolute Gasteiger partial charge is 0.460 e. The summed E-state index contributed by atoms with van der Waals surface area (Å²) in [4.78, 5) is 10.2. The Hall–Kier alpha value is -1.89. The highest BCUT2D eigenvalue weighted by molar-refractivity contribution is 6.32. The van der Waals surface area contributed by atoms with Crippen molar-refractivity contribution in [3.05, 3.63) is 33.3 Å². The Morgan fingerprint density at radius 2 is 1.14 bits per heavy atom. The van der Waals surface area contributed by atoms with Gasteiger partial charge in [0.05, 0.1) is 29.8 Å². The molecule has 0 saturated carbocycles. The van der Waals surface area contributed by atoms with Crippen LogP contribution in [0.1, 0.15) is 0 Å². The summed E-state index contributed by atoms with van der Waals surface area (Å²) in [5, 5.41) is 113. The fourth-order valence-electron chi connectivity index (χ4n) is 4.96. The SMILES string of the molecule is O=[N+]([O-])c1ccc(OC2OC(CO)C(OC3OC(CO)C(OC4OC(CO)C(O)C(O)C4O)C(O)C3O)C(O)C2O)c(Cl)c1. The van der Waals surface area contributed by atoms with Crippen LogP contribution < -0.4 is 4.74 Å². The van der Waals surface area contributed by atoms with Crippen molar-refractivity contribution in [3.63, 3.8) is 0 Å². The lowest BCUT2D eigenvalue weighted by Gasteiger charge is -2.48. The minimum Gasteiger partial charge on any atom is -0.460 e. The second-order valence-corrected chi connectivity index (χ2v) is 10.7. The highest BCUT2D eigenvalue weighted by atomic mass is 35.5. The van der Waals surface area contributed by atoms with Crippen molar-refractivity contribution in [1.82, 2.24) is 0 Å². The molecule has 15 unspecified atom stereocenters. The van der Waals surface area contributed by atoms with E-state index in [-0.39, 0.29) is 16.5 Å². The molecule has 0 spiro atoms. The molecule has 1 aromatic rings. The zero-order chi connectivity index (χ0) is 32.5. The predicted octanol–water partition coefficient (Wildman–Crippen LogP) is -4.92. The van der Waals surface area contributed by atoms with Gasteiger partial charge in [0.1, 0.15) is 79.0 Å². The third-order valence-electron chi connectivity index (χ3n) is 7.44. The van der Waals surface area contributed by atoms with Crippen molar-refractivity contribution < 1.29 is 84.4 Å². The number of halogens is 1. The first kappa shape index (κ1) is 35.0. The van der Waals surface area contributed by atoms with Crippen LogP contribution in [-0.4, -0.2) is 168 Å². The topological polar surface area (TPSA) is 301 Å². The Morgan fingerprint density at radius 1 is 0.682 bits per heavy atom. The molecule has 0 amide bonds. The van der Waals surface area contributed by atoms with E-state index in [9.17, 15) is 61.2 Å². The van der Waals surface area contributed by atoms with Gasteiger partial charge in [-0.1, -0.05) is 11.6 Å². The molecule has 0 radical (unpaired) electrons. The molecule has 3 aliphatic rings. The highest BCUT2D eigenvalue weighted by Gasteiger charge is 2.53. The van der Waals surface area contributed by atoms with Gasteiger partial charge < -0.3 is 79.5 Å². The number of benzene rings is 1. The van der Waals surface area contributed by atoms with Crippen LogP contribution in [0, 0.1) is 10.1 Å². The van der Waals surface area contributed by atoms with E-state index in [0.717, 1.165) is 18.2 Å². The molecule has 250 valence electrons. The Kier molecular flexibility index (Phi) is 11.7. The van der Waals surface area contributed by atoms with Gasteiger partial charge in [0, 0.05) is 12.1 Å². The molecule has 0 aromatic heterocycles. The molecule has 3 aliphatic heterocycles. The standard InChI is InChI=1S/C24H34ClNO18/c25-8-3-7(26(37)38)1-2-9(8)39-22-18(35)15(32)20(11(5-28)41-22)44-24-19(36)16(33)21(12(6-29)42-24)43-23-17(34)14(31)13(30)10(4-27)40-23/h1-3,10-24,27-36H,4-6H2. The molecule has 0 aliphatic carbocycles. The second kappa shape index (κ2) is 14.7. The summed E-state index contributed by atoms with van der Waals surface area (Å²) in [7, 11) is 0. The summed E-state index contributed by atoms with van der Waals surface area (Å²) in [6, 6.07) is 3.18. The number of nitrogens with zero attached hydrogens (tertiary/aromatic N) is 1. The summed E-state index contributed by atoms with van der Waals surface area (Å²) in [5.41, 5.74) is -0.343. The van der Waals surface area contributed by atoms with Gasteiger partial charge in [0.25, 0.3) is 5.69 Å². The molecule has 44 heavy (non-hydrogen) atoms. The van der Waals surface area contributed by atoms with Gasteiger partial charge in [-0.05, 0) is 6.07 Å². The first-order valence-electron chi connectivity index (χ1n) is 13.3. The Labute approximate surface area is 253 Å². The lowest BCUT2D eigenvalue weighted by Crippen LogP contribution is -2.66. The molecule has 19 nitrogen and oxygen atoms in total. The van der Waals surface area contributed by atoms with Crippen LogP contribution in [0.25, 0.3) is 0 Å². The fraction of sp³-hybridized carbons (Fsp3) is 0.750. The van der Waals surface area contributed by atoms with Crippen molar-refractivity contribution in [2.24, 2.45) is 0 Å². The van der Waals surface area contributed by atoms with Gasteiger partial charge in [-0.3, -0.25) is 10.1 Å². The second-order valence-electron chi connectivity index (χ2n) is 10.3.